The standard InChI is InChI=1S/C25H24FN3O/c26-24-8-4-7-20(21(24)13-27)22-15-28-16-23(22)25(30)29-14-17-9-11-19(12-10-17)18-5-2-1-3-6-18/h1-8,15-17,19,28H,9-12,14H2,(H,29,30). The summed E-state index contributed by atoms with van der Waals surface area (Å²) in [5.41, 5.74) is 2.74. The van der Waals surface area contributed by atoms with Crippen molar-refractivity contribution >= 4 is 5.91 Å². The Labute approximate surface area is 175 Å². The Morgan fingerprint density at radius 2 is 1.80 bits per heavy atom. The van der Waals surface area contributed by atoms with Crippen LogP contribution < -0.4 is 5.32 Å². The highest BCUT2D eigenvalue weighted by atomic mass is 19.1. The average molecular weight is 401 g/mol. The van der Waals surface area contributed by atoms with E-state index in [4.69, 9.17) is 0 Å². The molecule has 0 aliphatic heterocycles. The minimum absolute atomic E-state index is 0.0506. The van der Waals surface area contributed by atoms with Crippen LogP contribution in [-0.2, 0) is 0 Å². The molecule has 1 amide bonds. The fourth-order valence-corrected chi connectivity index (χ4v) is 4.39. The van der Waals surface area contributed by atoms with Crippen molar-refractivity contribution in [3.05, 3.63) is 83.4 Å². The van der Waals surface area contributed by atoms with E-state index in [1.54, 1.807) is 24.5 Å². The number of rotatable bonds is 5. The van der Waals surface area contributed by atoms with Crippen molar-refractivity contribution in [2.75, 3.05) is 6.54 Å². The molecule has 1 fully saturated rings. The Kier molecular flexibility index (Phi) is 5.94. The molecule has 1 heterocycles. The van der Waals surface area contributed by atoms with Crippen LogP contribution in [0.4, 0.5) is 4.39 Å². The van der Waals surface area contributed by atoms with Crippen LogP contribution in [0.3, 0.4) is 0 Å². The number of amides is 1. The van der Waals surface area contributed by atoms with Gasteiger partial charge in [0.2, 0.25) is 0 Å². The largest absolute Gasteiger partial charge is 0.366 e. The summed E-state index contributed by atoms with van der Waals surface area (Å²) in [5, 5.41) is 12.3. The number of aromatic nitrogens is 1. The maximum absolute atomic E-state index is 14.0. The molecule has 0 saturated heterocycles. The normalized spacial score (nSPS) is 18.5. The molecule has 1 aliphatic rings. The molecule has 152 valence electrons. The highest BCUT2D eigenvalue weighted by Gasteiger charge is 2.24. The number of hydrogen-bond acceptors (Lipinski definition) is 2. The third kappa shape index (κ3) is 4.13. The van der Waals surface area contributed by atoms with E-state index in [2.05, 4.69) is 34.6 Å². The number of H-pyrrole nitrogens is 1. The second kappa shape index (κ2) is 8.96. The van der Waals surface area contributed by atoms with Crippen molar-refractivity contribution in [3.63, 3.8) is 0 Å². The smallest absolute Gasteiger partial charge is 0.253 e. The summed E-state index contributed by atoms with van der Waals surface area (Å²) in [6.07, 6.45) is 7.67. The second-order valence-corrected chi connectivity index (χ2v) is 7.90. The van der Waals surface area contributed by atoms with Crippen LogP contribution in [0.5, 0.6) is 0 Å². The van der Waals surface area contributed by atoms with E-state index in [0.29, 0.717) is 35.1 Å². The molecular weight excluding hydrogens is 377 g/mol. The lowest BCUT2D eigenvalue weighted by Gasteiger charge is -2.29. The van der Waals surface area contributed by atoms with E-state index in [9.17, 15) is 14.4 Å². The molecule has 30 heavy (non-hydrogen) atoms. The first-order valence-corrected chi connectivity index (χ1v) is 10.4. The highest BCUT2D eigenvalue weighted by molar-refractivity contribution is 6.01. The number of aromatic amines is 1. The summed E-state index contributed by atoms with van der Waals surface area (Å²) in [7, 11) is 0. The molecule has 0 bridgehead atoms. The van der Waals surface area contributed by atoms with E-state index in [1.807, 2.05) is 12.1 Å². The molecular formula is C25H24FN3O. The fourth-order valence-electron chi connectivity index (χ4n) is 4.39. The maximum Gasteiger partial charge on any atom is 0.253 e. The molecule has 0 spiro atoms. The van der Waals surface area contributed by atoms with Crippen LogP contribution in [0.2, 0.25) is 0 Å². The van der Waals surface area contributed by atoms with Gasteiger partial charge < -0.3 is 10.3 Å². The first-order valence-electron chi connectivity index (χ1n) is 10.4. The van der Waals surface area contributed by atoms with Gasteiger partial charge in [0.1, 0.15) is 11.9 Å². The maximum atomic E-state index is 14.0. The summed E-state index contributed by atoms with van der Waals surface area (Å²) in [6.45, 7) is 0.624. The summed E-state index contributed by atoms with van der Waals surface area (Å²) in [5.74, 6) is 0.272. The van der Waals surface area contributed by atoms with Crippen molar-refractivity contribution in [2.24, 2.45) is 5.92 Å². The molecule has 3 aromatic rings. The van der Waals surface area contributed by atoms with Crippen molar-refractivity contribution in [1.82, 2.24) is 10.3 Å². The zero-order valence-electron chi connectivity index (χ0n) is 16.7. The number of carbonyl (C=O) groups is 1. The summed E-state index contributed by atoms with van der Waals surface area (Å²) in [4.78, 5) is 15.7. The predicted octanol–water partition coefficient (Wildman–Crippen LogP) is 5.40. The molecule has 0 unspecified atom stereocenters. The summed E-state index contributed by atoms with van der Waals surface area (Å²) < 4.78 is 14.0. The number of halogens is 1. The van der Waals surface area contributed by atoms with Gasteiger partial charge in [0, 0.05) is 30.1 Å². The lowest BCUT2D eigenvalue weighted by atomic mass is 9.78. The number of benzene rings is 2. The fraction of sp³-hybridized carbons (Fsp3) is 0.280. The minimum Gasteiger partial charge on any atom is -0.366 e. The number of nitrogens with zero attached hydrogens (tertiary/aromatic N) is 1. The van der Waals surface area contributed by atoms with Gasteiger partial charge >= 0.3 is 0 Å². The van der Waals surface area contributed by atoms with E-state index >= 15 is 0 Å². The topological polar surface area (TPSA) is 68.7 Å². The van der Waals surface area contributed by atoms with Crippen molar-refractivity contribution in [2.45, 2.75) is 31.6 Å². The molecule has 4 nitrogen and oxygen atoms in total. The van der Waals surface area contributed by atoms with Crippen LogP contribution in [-0.4, -0.2) is 17.4 Å². The first-order chi connectivity index (χ1) is 14.7. The predicted molar refractivity (Wildman–Crippen MR) is 114 cm³/mol. The van der Waals surface area contributed by atoms with E-state index in [-0.39, 0.29) is 11.5 Å². The van der Waals surface area contributed by atoms with Gasteiger partial charge in [-0.15, -0.1) is 0 Å². The van der Waals surface area contributed by atoms with E-state index in [0.717, 1.165) is 25.7 Å². The second-order valence-electron chi connectivity index (χ2n) is 7.90. The van der Waals surface area contributed by atoms with Crippen molar-refractivity contribution < 1.29 is 9.18 Å². The van der Waals surface area contributed by atoms with Gasteiger partial charge in [-0.05, 0) is 49.1 Å². The van der Waals surface area contributed by atoms with Gasteiger partial charge in [-0.25, -0.2) is 4.39 Å². The van der Waals surface area contributed by atoms with Crippen LogP contribution in [0.1, 0.15) is 53.1 Å². The van der Waals surface area contributed by atoms with Gasteiger partial charge in [-0.2, -0.15) is 5.26 Å². The molecule has 5 heteroatoms. The number of carbonyl (C=O) groups excluding carboxylic acids is 1. The Balaban J connectivity index is 1.38. The number of hydrogen-bond donors (Lipinski definition) is 2. The monoisotopic (exact) mass is 401 g/mol. The number of nitrogens with one attached hydrogen (secondary N) is 2. The lowest BCUT2D eigenvalue weighted by Crippen LogP contribution is -2.31. The van der Waals surface area contributed by atoms with E-state index < -0.39 is 5.82 Å². The Bertz CT molecular complexity index is 1060. The Hall–Kier alpha value is -3.39. The van der Waals surface area contributed by atoms with Gasteiger partial charge in [0.15, 0.2) is 0 Å². The lowest BCUT2D eigenvalue weighted by molar-refractivity contribution is 0.0943. The van der Waals surface area contributed by atoms with E-state index in [1.165, 1.54) is 11.6 Å². The molecule has 0 atom stereocenters. The molecule has 2 N–H and O–H groups in total. The Morgan fingerprint density at radius 3 is 2.53 bits per heavy atom. The van der Waals surface area contributed by atoms with Gasteiger partial charge in [0.25, 0.3) is 5.91 Å². The summed E-state index contributed by atoms with van der Waals surface area (Å²) >= 11 is 0. The third-order valence-electron chi connectivity index (χ3n) is 6.07. The van der Waals surface area contributed by atoms with Crippen LogP contribution in [0.25, 0.3) is 11.1 Å². The summed E-state index contributed by atoms with van der Waals surface area (Å²) in [6, 6.07) is 17.0. The van der Waals surface area contributed by atoms with Crippen molar-refractivity contribution in [1.29, 1.82) is 5.26 Å². The third-order valence-corrected chi connectivity index (χ3v) is 6.07. The zero-order valence-corrected chi connectivity index (χ0v) is 16.7. The SMILES string of the molecule is N#Cc1c(F)cccc1-c1c[nH]cc1C(=O)NCC1CCC(c2ccccc2)CC1. The molecule has 2 aromatic carbocycles. The number of nitriles is 1. The van der Waals surface area contributed by atoms with Gasteiger partial charge in [0.05, 0.1) is 11.1 Å². The zero-order chi connectivity index (χ0) is 20.9. The molecule has 1 saturated carbocycles. The first kappa shape index (κ1) is 19.9. The van der Waals surface area contributed by atoms with Crippen LogP contribution >= 0.6 is 0 Å². The Morgan fingerprint density at radius 1 is 1.03 bits per heavy atom. The molecule has 0 radical (unpaired) electrons. The van der Waals surface area contributed by atoms with Crippen LogP contribution in [0, 0.1) is 23.1 Å². The average Bonchev–Trinajstić information content (AvgIpc) is 3.28. The van der Waals surface area contributed by atoms with Crippen LogP contribution in [0.15, 0.2) is 60.9 Å². The molecule has 1 aliphatic carbocycles. The molecule has 4 rings (SSSR count). The van der Waals surface area contributed by atoms with Gasteiger partial charge in [-0.3, -0.25) is 4.79 Å². The van der Waals surface area contributed by atoms with Crippen molar-refractivity contribution in [3.8, 4) is 17.2 Å². The van der Waals surface area contributed by atoms with Gasteiger partial charge in [-0.1, -0.05) is 42.5 Å². The quantitative estimate of drug-likeness (QED) is 0.601. The minimum atomic E-state index is -0.585. The highest BCUT2D eigenvalue weighted by Crippen LogP contribution is 2.35. The molecule has 1 aromatic heterocycles.